The van der Waals surface area contributed by atoms with Gasteiger partial charge < -0.3 is 10.5 Å². The van der Waals surface area contributed by atoms with Gasteiger partial charge in [0.15, 0.2) is 0 Å². The van der Waals surface area contributed by atoms with E-state index in [-0.39, 0.29) is 0 Å². The van der Waals surface area contributed by atoms with E-state index in [9.17, 15) is 0 Å². The van der Waals surface area contributed by atoms with Crippen LogP contribution in [0.4, 0.5) is 5.69 Å². The van der Waals surface area contributed by atoms with Crippen molar-refractivity contribution in [3.63, 3.8) is 0 Å². The van der Waals surface area contributed by atoms with Crippen LogP contribution in [0.1, 0.15) is 0 Å². The Hall–Kier alpha value is -2.81. The van der Waals surface area contributed by atoms with Gasteiger partial charge in [0.05, 0.1) is 5.69 Å². The molecule has 0 radical (unpaired) electrons. The molecule has 0 atom stereocenters. The van der Waals surface area contributed by atoms with E-state index in [1.807, 2.05) is 66.7 Å². The first-order valence-corrected chi connectivity index (χ1v) is 6.36. The second-order valence-corrected chi connectivity index (χ2v) is 4.41. The fourth-order valence-corrected chi connectivity index (χ4v) is 1.90. The van der Waals surface area contributed by atoms with Gasteiger partial charge in [-0.2, -0.15) is 0 Å². The van der Waals surface area contributed by atoms with Crippen molar-refractivity contribution in [1.29, 1.82) is 0 Å². The van der Waals surface area contributed by atoms with Gasteiger partial charge in [-0.05, 0) is 60.7 Å². The van der Waals surface area contributed by atoms with E-state index in [1.165, 1.54) is 0 Å². The molecule has 3 nitrogen and oxygen atoms in total. The fourth-order valence-electron chi connectivity index (χ4n) is 1.90. The molecule has 0 aliphatic carbocycles. The molecule has 0 aliphatic rings. The van der Waals surface area contributed by atoms with Crippen molar-refractivity contribution in [2.45, 2.75) is 0 Å². The van der Waals surface area contributed by atoms with Gasteiger partial charge >= 0.3 is 0 Å². The number of hydrogen-bond acceptors (Lipinski definition) is 3. The first kappa shape index (κ1) is 12.2. The predicted molar refractivity (Wildman–Crippen MR) is 80.6 cm³/mol. The molecule has 2 aromatic carbocycles. The quantitative estimate of drug-likeness (QED) is 0.722. The molecule has 0 saturated heterocycles. The first-order valence-electron chi connectivity index (χ1n) is 6.36. The van der Waals surface area contributed by atoms with Crippen molar-refractivity contribution in [1.82, 2.24) is 4.98 Å². The summed E-state index contributed by atoms with van der Waals surface area (Å²) in [4.78, 5) is 4.32. The van der Waals surface area contributed by atoms with Crippen molar-refractivity contribution in [3.8, 4) is 22.8 Å². The molecule has 1 aromatic heterocycles. The number of benzene rings is 2. The molecule has 0 aliphatic heterocycles. The van der Waals surface area contributed by atoms with Crippen LogP contribution < -0.4 is 10.5 Å². The molecule has 0 fully saturated rings. The zero-order valence-electron chi connectivity index (χ0n) is 10.9. The van der Waals surface area contributed by atoms with Gasteiger partial charge in [0.2, 0.25) is 0 Å². The van der Waals surface area contributed by atoms with Crippen LogP contribution in [0.5, 0.6) is 11.5 Å². The Balaban J connectivity index is 1.78. The first-order chi connectivity index (χ1) is 9.81. The zero-order valence-corrected chi connectivity index (χ0v) is 10.9. The normalized spacial score (nSPS) is 10.2. The van der Waals surface area contributed by atoms with E-state index in [2.05, 4.69) is 4.98 Å². The maximum absolute atomic E-state index is 5.75. The second kappa shape index (κ2) is 5.45. The highest BCUT2D eigenvalue weighted by molar-refractivity contribution is 5.59. The van der Waals surface area contributed by atoms with Crippen LogP contribution >= 0.6 is 0 Å². The van der Waals surface area contributed by atoms with Gasteiger partial charge in [-0.15, -0.1) is 0 Å². The summed E-state index contributed by atoms with van der Waals surface area (Å²) in [5.74, 6) is 1.55. The van der Waals surface area contributed by atoms with Gasteiger partial charge in [-0.1, -0.05) is 6.07 Å². The van der Waals surface area contributed by atoms with Crippen LogP contribution in [0.15, 0.2) is 72.9 Å². The van der Waals surface area contributed by atoms with Crippen LogP contribution in [-0.4, -0.2) is 4.98 Å². The minimum Gasteiger partial charge on any atom is -0.457 e. The molecule has 0 saturated carbocycles. The summed E-state index contributed by atoms with van der Waals surface area (Å²) in [5.41, 5.74) is 8.38. The largest absolute Gasteiger partial charge is 0.457 e. The fraction of sp³-hybridized carbons (Fsp3) is 0. The lowest BCUT2D eigenvalue weighted by atomic mass is 10.1. The zero-order chi connectivity index (χ0) is 13.8. The molecule has 3 aromatic rings. The van der Waals surface area contributed by atoms with E-state index in [0.717, 1.165) is 28.4 Å². The van der Waals surface area contributed by atoms with Crippen molar-refractivity contribution < 1.29 is 4.74 Å². The standard InChI is InChI=1S/C17H14N2O/c18-14-6-10-16(11-7-14)20-15-8-4-13(5-9-15)17-3-1-2-12-19-17/h1-12H,18H2. The molecule has 0 spiro atoms. The van der Waals surface area contributed by atoms with E-state index in [4.69, 9.17) is 10.5 Å². The van der Waals surface area contributed by atoms with Gasteiger partial charge in [-0.25, -0.2) is 0 Å². The number of ether oxygens (including phenoxy) is 1. The van der Waals surface area contributed by atoms with Crippen LogP contribution in [-0.2, 0) is 0 Å². The minimum absolute atomic E-state index is 0.725. The second-order valence-electron chi connectivity index (χ2n) is 4.41. The van der Waals surface area contributed by atoms with Crippen molar-refractivity contribution >= 4 is 5.69 Å². The molecule has 3 heteroatoms. The van der Waals surface area contributed by atoms with E-state index < -0.39 is 0 Å². The van der Waals surface area contributed by atoms with Crippen molar-refractivity contribution in [2.24, 2.45) is 0 Å². The summed E-state index contributed by atoms with van der Waals surface area (Å²) in [6.07, 6.45) is 1.79. The number of anilines is 1. The number of aromatic nitrogens is 1. The molecule has 0 unspecified atom stereocenters. The molecule has 20 heavy (non-hydrogen) atoms. The number of nitrogen functional groups attached to an aromatic ring is 1. The van der Waals surface area contributed by atoms with E-state index in [0.29, 0.717) is 0 Å². The number of nitrogens with two attached hydrogens (primary N) is 1. The molecular formula is C17H14N2O. The number of nitrogens with zero attached hydrogens (tertiary/aromatic N) is 1. The third-order valence-electron chi connectivity index (χ3n) is 2.93. The van der Waals surface area contributed by atoms with E-state index >= 15 is 0 Å². The highest BCUT2D eigenvalue weighted by Gasteiger charge is 2.00. The van der Waals surface area contributed by atoms with Crippen LogP contribution in [0.3, 0.4) is 0 Å². The van der Waals surface area contributed by atoms with Gasteiger partial charge in [0.1, 0.15) is 11.5 Å². The van der Waals surface area contributed by atoms with Crippen LogP contribution in [0.2, 0.25) is 0 Å². The van der Waals surface area contributed by atoms with Gasteiger partial charge in [0, 0.05) is 17.4 Å². The SMILES string of the molecule is Nc1ccc(Oc2ccc(-c3ccccn3)cc2)cc1. The molecule has 2 N–H and O–H groups in total. The maximum atomic E-state index is 5.75. The maximum Gasteiger partial charge on any atom is 0.127 e. The average molecular weight is 262 g/mol. The minimum atomic E-state index is 0.725. The van der Waals surface area contributed by atoms with Crippen LogP contribution in [0.25, 0.3) is 11.3 Å². The molecule has 1 heterocycles. The van der Waals surface area contributed by atoms with Crippen LogP contribution in [0, 0.1) is 0 Å². The molecule has 98 valence electrons. The molecule has 3 rings (SSSR count). The summed E-state index contributed by atoms with van der Waals surface area (Å²) in [7, 11) is 0. The Bertz CT molecular complexity index is 676. The lowest BCUT2D eigenvalue weighted by molar-refractivity contribution is 0.483. The van der Waals surface area contributed by atoms with Gasteiger partial charge in [-0.3, -0.25) is 4.98 Å². The van der Waals surface area contributed by atoms with Crippen molar-refractivity contribution in [3.05, 3.63) is 72.9 Å². The lowest BCUT2D eigenvalue weighted by Crippen LogP contribution is -1.87. The monoisotopic (exact) mass is 262 g/mol. The Morgan fingerprint density at radius 3 is 2.00 bits per heavy atom. The average Bonchev–Trinajstić information content (AvgIpc) is 2.51. The highest BCUT2D eigenvalue weighted by atomic mass is 16.5. The number of hydrogen-bond donors (Lipinski definition) is 1. The summed E-state index contributed by atoms with van der Waals surface area (Å²) < 4.78 is 5.75. The summed E-state index contributed by atoms with van der Waals surface area (Å²) in [5, 5.41) is 0. The Labute approximate surface area is 117 Å². The van der Waals surface area contributed by atoms with E-state index in [1.54, 1.807) is 6.20 Å². The Kier molecular flexibility index (Phi) is 3.33. The Morgan fingerprint density at radius 1 is 0.750 bits per heavy atom. The summed E-state index contributed by atoms with van der Waals surface area (Å²) in [6.45, 7) is 0. The number of pyridine rings is 1. The third-order valence-corrected chi connectivity index (χ3v) is 2.93. The Morgan fingerprint density at radius 2 is 1.40 bits per heavy atom. The lowest BCUT2D eigenvalue weighted by Gasteiger charge is -2.07. The summed E-state index contributed by atoms with van der Waals surface area (Å²) in [6, 6.07) is 21.0. The van der Waals surface area contributed by atoms with Crippen molar-refractivity contribution in [2.75, 3.05) is 5.73 Å². The predicted octanol–water partition coefficient (Wildman–Crippen LogP) is 4.12. The smallest absolute Gasteiger partial charge is 0.127 e. The highest BCUT2D eigenvalue weighted by Crippen LogP contribution is 2.25. The molecule has 0 amide bonds. The topological polar surface area (TPSA) is 48.1 Å². The third kappa shape index (κ3) is 2.78. The molecule has 0 bridgehead atoms. The molecular weight excluding hydrogens is 248 g/mol. The van der Waals surface area contributed by atoms with Gasteiger partial charge in [0.25, 0.3) is 0 Å². The summed E-state index contributed by atoms with van der Waals surface area (Å²) >= 11 is 0. The number of rotatable bonds is 3.